The Morgan fingerprint density at radius 2 is 2.00 bits per heavy atom. The minimum absolute atomic E-state index is 0.349. The number of aryl methyl sites for hydroxylation is 1. The van der Waals surface area contributed by atoms with Gasteiger partial charge < -0.3 is 9.73 Å². The van der Waals surface area contributed by atoms with E-state index in [-0.39, 0.29) is 0 Å². The fourth-order valence-corrected chi connectivity index (χ4v) is 3.26. The molecule has 0 atom stereocenters. The van der Waals surface area contributed by atoms with Crippen LogP contribution in [0.3, 0.4) is 0 Å². The molecule has 1 heterocycles. The van der Waals surface area contributed by atoms with Crippen LogP contribution in [0.2, 0.25) is 5.02 Å². The molecule has 124 valence electrons. The highest BCUT2D eigenvalue weighted by molar-refractivity contribution is 7.91. The zero-order chi connectivity index (χ0) is 17.3. The molecule has 0 aliphatic rings. The maximum atomic E-state index is 12.3. The molecule has 2 aromatic carbocycles. The smallest absolute Gasteiger partial charge is 0.316 e. The van der Waals surface area contributed by atoms with Crippen LogP contribution in [0.25, 0.3) is 11.1 Å². The highest BCUT2D eigenvalue weighted by Gasteiger charge is 2.25. The van der Waals surface area contributed by atoms with E-state index in [1.54, 1.807) is 42.5 Å². The van der Waals surface area contributed by atoms with Gasteiger partial charge in [-0.3, -0.25) is 4.79 Å². The number of benzene rings is 2. The Labute approximate surface area is 143 Å². The molecule has 0 unspecified atom stereocenters. The minimum atomic E-state index is -3.98. The molecule has 0 fully saturated rings. The van der Waals surface area contributed by atoms with Crippen molar-refractivity contribution in [2.75, 3.05) is 11.1 Å². The first-order chi connectivity index (χ1) is 11.3. The number of carbonyl (C=O) groups excluding carboxylic acids is 1. The largest absolute Gasteiger partial charge is 0.428 e. The molecule has 24 heavy (non-hydrogen) atoms. The van der Waals surface area contributed by atoms with Gasteiger partial charge in [0.05, 0.1) is 0 Å². The van der Waals surface area contributed by atoms with Gasteiger partial charge in [0.2, 0.25) is 15.7 Å². The molecule has 3 rings (SSSR count). The van der Waals surface area contributed by atoms with Crippen LogP contribution in [0.1, 0.15) is 5.56 Å². The number of para-hydroxylation sites is 2. The molecule has 0 spiro atoms. The average Bonchev–Trinajstić information content (AvgIpc) is 2.95. The van der Waals surface area contributed by atoms with Crippen molar-refractivity contribution in [1.29, 1.82) is 0 Å². The van der Waals surface area contributed by atoms with Crippen molar-refractivity contribution in [3.05, 3.63) is 53.1 Å². The number of amides is 1. The van der Waals surface area contributed by atoms with Crippen LogP contribution in [0.15, 0.2) is 52.1 Å². The maximum Gasteiger partial charge on any atom is 0.316 e. The number of aromatic nitrogens is 1. The monoisotopic (exact) mass is 364 g/mol. The highest BCUT2D eigenvalue weighted by atomic mass is 35.5. The van der Waals surface area contributed by atoms with Crippen molar-refractivity contribution in [2.45, 2.75) is 12.1 Å². The Hall–Kier alpha value is -2.38. The van der Waals surface area contributed by atoms with E-state index in [4.69, 9.17) is 16.0 Å². The first kappa shape index (κ1) is 16.5. The first-order valence-electron chi connectivity index (χ1n) is 6.99. The molecule has 0 saturated carbocycles. The summed E-state index contributed by atoms with van der Waals surface area (Å²) in [4.78, 5) is 15.9. The molecule has 0 radical (unpaired) electrons. The van der Waals surface area contributed by atoms with Crippen molar-refractivity contribution in [3.63, 3.8) is 0 Å². The lowest BCUT2D eigenvalue weighted by Gasteiger charge is -2.06. The summed E-state index contributed by atoms with van der Waals surface area (Å²) in [5, 5.41) is 2.51. The van der Waals surface area contributed by atoms with E-state index in [1.165, 1.54) is 0 Å². The fraction of sp³-hybridized carbons (Fsp3) is 0.125. The molecule has 6 nitrogen and oxygen atoms in total. The number of carbonyl (C=O) groups is 1. The molecule has 1 N–H and O–H groups in total. The van der Waals surface area contributed by atoms with Gasteiger partial charge in [-0.1, -0.05) is 29.8 Å². The normalized spacial score (nSPS) is 11.6. The average molecular weight is 365 g/mol. The summed E-state index contributed by atoms with van der Waals surface area (Å²) >= 11 is 5.98. The Morgan fingerprint density at radius 3 is 2.71 bits per heavy atom. The third-order valence-electron chi connectivity index (χ3n) is 3.32. The molecular formula is C16H13ClN2O4S. The van der Waals surface area contributed by atoms with E-state index in [9.17, 15) is 13.2 Å². The number of sulfone groups is 1. The molecule has 1 aromatic heterocycles. The highest BCUT2D eigenvalue weighted by Crippen LogP contribution is 2.21. The van der Waals surface area contributed by atoms with Gasteiger partial charge in [0, 0.05) is 10.7 Å². The second-order valence-electron chi connectivity index (χ2n) is 5.22. The van der Waals surface area contributed by atoms with E-state index in [0.29, 0.717) is 21.8 Å². The van der Waals surface area contributed by atoms with Gasteiger partial charge in [-0.25, -0.2) is 8.42 Å². The zero-order valence-electron chi connectivity index (χ0n) is 12.6. The number of nitrogens with zero attached hydrogens (tertiary/aromatic N) is 1. The first-order valence-corrected chi connectivity index (χ1v) is 9.02. The molecule has 8 heteroatoms. The number of halogens is 1. The van der Waals surface area contributed by atoms with Crippen molar-refractivity contribution in [3.8, 4) is 0 Å². The molecular weight excluding hydrogens is 352 g/mol. The molecule has 3 aromatic rings. The number of nitrogens with one attached hydrogen (secondary N) is 1. The van der Waals surface area contributed by atoms with Gasteiger partial charge in [0.1, 0.15) is 11.3 Å². The minimum Gasteiger partial charge on any atom is -0.428 e. The van der Waals surface area contributed by atoms with Crippen molar-refractivity contribution in [1.82, 2.24) is 4.98 Å². The van der Waals surface area contributed by atoms with Crippen molar-refractivity contribution < 1.29 is 17.6 Å². The van der Waals surface area contributed by atoms with E-state index in [1.807, 2.05) is 6.92 Å². The number of rotatable bonds is 4. The molecule has 0 saturated heterocycles. The number of oxazole rings is 1. The van der Waals surface area contributed by atoms with Crippen LogP contribution in [0.5, 0.6) is 0 Å². The lowest BCUT2D eigenvalue weighted by molar-refractivity contribution is -0.113. The van der Waals surface area contributed by atoms with Crippen LogP contribution in [-0.4, -0.2) is 25.1 Å². The molecule has 1 amide bonds. The van der Waals surface area contributed by atoms with Crippen molar-refractivity contribution >= 4 is 44.1 Å². The second kappa shape index (κ2) is 6.26. The summed E-state index contributed by atoms with van der Waals surface area (Å²) in [5.74, 6) is -1.47. The Balaban J connectivity index is 1.78. The Bertz CT molecular complexity index is 994. The van der Waals surface area contributed by atoms with E-state index < -0.39 is 26.7 Å². The van der Waals surface area contributed by atoms with Gasteiger partial charge in [-0.05, 0) is 36.8 Å². The van der Waals surface area contributed by atoms with E-state index in [2.05, 4.69) is 10.3 Å². The van der Waals surface area contributed by atoms with Gasteiger partial charge in [0.15, 0.2) is 5.58 Å². The van der Waals surface area contributed by atoms with E-state index in [0.717, 1.165) is 5.56 Å². The summed E-state index contributed by atoms with van der Waals surface area (Å²) in [7, 11) is -3.98. The van der Waals surface area contributed by atoms with Crippen LogP contribution in [-0.2, 0) is 14.6 Å². The number of hydrogen-bond acceptors (Lipinski definition) is 5. The fourth-order valence-electron chi connectivity index (χ4n) is 2.09. The maximum absolute atomic E-state index is 12.3. The second-order valence-corrected chi connectivity index (χ2v) is 7.49. The lowest BCUT2D eigenvalue weighted by atomic mass is 10.2. The summed E-state index contributed by atoms with van der Waals surface area (Å²) in [6.45, 7) is 1.83. The Morgan fingerprint density at radius 1 is 1.25 bits per heavy atom. The quantitative estimate of drug-likeness (QED) is 0.767. The lowest BCUT2D eigenvalue weighted by Crippen LogP contribution is -2.23. The van der Waals surface area contributed by atoms with Gasteiger partial charge in [0.25, 0.3) is 0 Å². The van der Waals surface area contributed by atoms with Crippen LogP contribution in [0.4, 0.5) is 5.69 Å². The van der Waals surface area contributed by atoms with Crippen LogP contribution >= 0.6 is 11.6 Å². The Kier molecular flexibility index (Phi) is 4.29. The van der Waals surface area contributed by atoms with Gasteiger partial charge in [-0.15, -0.1) is 0 Å². The number of hydrogen-bond donors (Lipinski definition) is 1. The van der Waals surface area contributed by atoms with Crippen molar-refractivity contribution in [2.24, 2.45) is 0 Å². The van der Waals surface area contributed by atoms with E-state index >= 15 is 0 Å². The molecule has 0 bridgehead atoms. The predicted octanol–water partition coefficient (Wildman–Crippen LogP) is 3.20. The summed E-state index contributed by atoms with van der Waals surface area (Å²) < 4.78 is 29.8. The third kappa shape index (κ3) is 3.42. The summed E-state index contributed by atoms with van der Waals surface area (Å²) in [5.41, 5.74) is 2.04. The molecule has 0 aliphatic heterocycles. The van der Waals surface area contributed by atoms with Crippen LogP contribution < -0.4 is 5.32 Å². The standard InChI is InChI=1S/C16H13ClN2O4S/c1-10-6-7-11(8-12(10)17)18-15(20)9-24(21,22)16-19-13-4-2-3-5-14(13)23-16/h2-8H,9H2,1H3,(H,18,20). The zero-order valence-corrected chi connectivity index (χ0v) is 14.2. The summed E-state index contributed by atoms with van der Waals surface area (Å²) in [6, 6.07) is 11.6. The number of anilines is 1. The van der Waals surface area contributed by atoms with Gasteiger partial charge in [-0.2, -0.15) is 4.98 Å². The predicted molar refractivity (Wildman–Crippen MR) is 90.9 cm³/mol. The topological polar surface area (TPSA) is 89.3 Å². The van der Waals surface area contributed by atoms with Crippen LogP contribution in [0, 0.1) is 6.92 Å². The number of fused-ring (bicyclic) bond motifs is 1. The SMILES string of the molecule is Cc1ccc(NC(=O)CS(=O)(=O)c2nc3ccccc3o2)cc1Cl. The molecule has 0 aliphatic carbocycles. The summed E-state index contributed by atoms with van der Waals surface area (Å²) in [6.07, 6.45) is 0. The van der Waals surface area contributed by atoms with Gasteiger partial charge >= 0.3 is 5.22 Å². The third-order valence-corrected chi connectivity index (χ3v) is 5.07.